The van der Waals surface area contributed by atoms with Gasteiger partial charge in [-0.15, -0.1) is 0 Å². The van der Waals surface area contributed by atoms with Gasteiger partial charge in [0, 0.05) is 18.1 Å². The molecule has 0 bridgehead atoms. The molecule has 0 saturated carbocycles. The third-order valence-electron chi connectivity index (χ3n) is 2.98. The summed E-state index contributed by atoms with van der Waals surface area (Å²) in [5.74, 6) is -0.137. The predicted molar refractivity (Wildman–Crippen MR) is 79.0 cm³/mol. The molecule has 2 aromatic rings. The molecule has 1 N–H and O–H groups in total. The van der Waals surface area contributed by atoms with Crippen molar-refractivity contribution in [1.29, 1.82) is 0 Å². The Morgan fingerprint density at radius 3 is 2.95 bits per heavy atom. The zero-order valence-corrected chi connectivity index (χ0v) is 12.1. The van der Waals surface area contributed by atoms with Gasteiger partial charge in [0.05, 0.1) is 15.1 Å². The summed E-state index contributed by atoms with van der Waals surface area (Å²) < 4.78 is 0.692. The highest BCUT2D eigenvalue weighted by atomic mass is 32.1. The van der Waals surface area contributed by atoms with Crippen molar-refractivity contribution < 1.29 is 9.72 Å². The van der Waals surface area contributed by atoms with E-state index in [1.165, 1.54) is 23.5 Å². The molecule has 0 aliphatic heterocycles. The topological polar surface area (TPSA) is 85.1 Å². The van der Waals surface area contributed by atoms with Crippen molar-refractivity contribution in [2.75, 3.05) is 5.32 Å². The Morgan fingerprint density at radius 2 is 2.30 bits per heavy atom. The summed E-state index contributed by atoms with van der Waals surface area (Å²) in [6.45, 7) is 3.90. The quantitative estimate of drug-likeness (QED) is 0.674. The lowest BCUT2D eigenvalue weighted by Crippen LogP contribution is -2.19. The number of carbonyl (C=O) groups is 1. The van der Waals surface area contributed by atoms with Gasteiger partial charge in [0.1, 0.15) is 0 Å². The molecule has 0 aliphatic carbocycles. The summed E-state index contributed by atoms with van der Waals surface area (Å²) in [6.07, 6.45) is 1.77. The largest absolute Gasteiger partial charge is 0.302 e. The van der Waals surface area contributed by atoms with E-state index in [2.05, 4.69) is 10.3 Å². The van der Waals surface area contributed by atoms with E-state index in [-0.39, 0.29) is 17.5 Å². The van der Waals surface area contributed by atoms with Crippen LogP contribution in [0, 0.1) is 16.0 Å². The minimum Gasteiger partial charge on any atom is -0.302 e. The van der Waals surface area contributed by atoms with Crippen LogP contribution in [0.4, 0.5) is 10.8 Å². The molecule has 106 valence electrons. The Kier molecular flexibility index (Phi) is 4.29. The van der Waals surface area contributed by atoms with Gasteiger partial charge >= 0.3 is 0 Å². The van der Waals surface area contributed by atoms with Crippen LogP contribution in [0.3, 0.4) is 0 Å². The van der Waals surface area contributed by atoms with Gasteiger partial charge in [0.25, 0.3) is 5.69 Å². The number of carbonyl (C=O) groups excluding carboxylic acids is 1. The number of anilines is 1. The fourth-order valence-electron chi connectivity index (χ4n) is 1.87. The number of aromatic nitrogens is 1. The maximum absolute atomic E-state index is 11.9. The average Bonchev–Trinajstić information content (AvgIpc) is 2.79. The number of nitro groups is 1. The third-order valence-corrected chi connectivity index (χ3v) is 3.92. The number of nitrogens with zero attached hydrogens (tertiary/aromatic N) is 2. The van der Waals surface area contributed by atoms with Crippen LogP contribution in [0.25, 0.3) is 10.2 Å². The molecule has 6 nitrogen and oxygen atoms in total. The van der Waals surface area contributed by atoms with E-state index < -0.39 is 4.92 Å². The third kappa shape index (κ3) is 3.11. The van der Waals surface area contributed by atoms with Crippen molar-refractivity contribution in [3.8, 4) is 0 Å². The first-order valence-corrected chi connectivity index (χ1v) is 7.18. The van der Waals surface area contributed by atoms with Crippen molar-refractivity contribution in [3.63, 3.8) is 0 Å². The van der Waals surface area contributed by atoms with Gasteiger partial charge in [-0.1, -0.05) is 31.6 Å². The van der Waals surface area contributed by atoms with Crippen LogP contribution in [0.1, 0.15) is 26.7 Å². The van der Waals surface area contributed by atoms with Gasteiger partial charge in [0.2, 0.25) is 5.91 Å². The Morgan fingerprint density at radius 1 is 1.55 bits per heavy atom. The maximum atomic E-state index is 11.9. The number of amides is 1. The standard InChI is InChI=1S/C13H15N3O3S/c1-3-4-8(2)12(17)15-13-14-10-6-5-9(16(18)19)7-11(10)20-13/h5-8H,3-4H2,1-2H3,(H,14,15,17)/t8-/m1/s1. The second-order valence-electron chi connectivity index (χ2n) is 4.61. The van der Waals surface area contributed by atoms with Crippen LogP contribution in [0.2, 0.25) is 0 Å². The van der Waals surface area contributed by atoms with Gasteiger partial charge < -0.3 is 5.32 Å². The molecule has 0 aliphatic rings. The number of hydrogen-bond donors (Lipinski definition) is 1. The van der Waals surface area contributed by atoms with Crippen molar-refractivity contribution in [3.05, 3.63) is 28.3 Å². The van der Waals surface area contributed by atoms with Crippen LogP contribution in [-0.2, 0) is 4.79 Å². The maximum Gasteiger partial charge on any atom is 0.270 e. The van der Waals surface area contributed by atoms with Gasteiger partial charge in [-0.05, 0) is 12.5 Å². The number of hydrogen-bond acceptors (Lipinski definition) is 5. The second-order valence-corrected chi connectivity index (χ2v) is 5.64. The van der Waals surface area contributed by atoms with Crippen LogP contribution < -0.4 is 5.32 Å². The molecule has 2 rings (SSSR count). The first-order chi connectivity index (χ1) is 9.51. The van der Waals surface area contributed by atoms with E-state index >= 15 is 0 Å². The molecule has 0 saturated heterocycles. The molecular weight excluding hydrogens is 278 g/mol. The number of rotatable bonds is 5. The summed E-state index contributed by atoms with van der Waals surface area (Å²) in [5.41, 5.74) is 0.678. The summed E-state index contributed by atoms with van der Waals surface area (Å²) in [6, 6.07) is 4.47. The minimum atomic E-state index is -0.444. The van der Waals surface area contributed by atoms with Gasteiger partial charge in [0.15, 0.2) is 5.13 Å². The van der Waals surface area contributed by atoms with Gasteiger partial charge in [-0.2, -0.15) is 0 Å². The molecule has 1 aromatic heterocycles. The van der Waals surface area contributed by atoms with Gasteiger partial charge in [-0.25, -0.2) is 4.98 Å². The number of nitro benzene ring substituents is 1. The lowest BCUT2D eigenvalue weighted by atomic mass is 10.1. The highest BCUT2D eigenvalue weighted by Crippen LogP contribution is 2.29. The van der Waals surface area contributed by atoms with E-state index in [1.54, 1.807) is 6.07 Å². The van der Waals surface area contributed by atoms with Crippen molar-refractivity contribution >= 4 is 38.3 Å². The molecule has 1 amide bonds. The molecule has 1 aromatic carbocycles. The van der Waals surface area contributed by atoms with E-state index in [0.717, 1.165) is 12.8 Å². The zero-order chi connectivity index (χ0) is 14.7. The molecule has 20 heavy (non-hydrogen) atoms. The molecule has 1 heterocycles. The van der Waals surface area contributed by atoms with Gasteiger partial charge in [-0.3, -0.25) is 14.9 Å². The number of nitrogens with one attached hydrogen (secondary N) is 1. The molecule has 0 fully saturated rings. The summed E-state index contributed by atoms with van der Waals surface area (Å²) >= 11 is 1.25. The van der Waals surface area contributed by atoms with Crippen molar-refractivity contribution in [2.45, 2.75) is 26.7 Å². The predicted octanol–water partition coefficient (Wildman–Crippen LogP) is 3.58. The van der Waals surface area contributed by atoms with E-state index in [9.17, 15) is 14.9 Å². The van der Waals surface area contributed by atoms with E-state index in [1.807, 2.05) is 13.8 Å². The first-order valence-electron chi connectivity index (χ1n) is 6.37. The summed E-state index contributed by atoms with van der Waals surface area (Å²) in [5, 5.41) is 14.0. The fraction of sp³-hybridized carbons (Fsp3) is 0.385. The Bertz CT molecular complexity index is 653. The van der Waals surface area contributed by atoms with Crippen molar-refractivity contribution in [2.24, 2.45) is 5.92 Å². The number of thiazole rings is 1. The molecule has 0 unspecified atom stereocenters. The van der Waals surface area contributed by atoms with Crippen LogP contribution >= 0.6 is 11.3 Å². The summed E-state index contributed by atoms with van der Waals surface area (Å²) in [7, 11) is 0. The summed E-state index contributed by atoms with van der Waals surface area (Å²) in [4.78, 5) is 26.4. The van der Waals surface area contributed by atoms with E-state index in [0.29, 0.717) is 15.3 Å². The first kappa shape index (κ1) is 14.4. The molecule has 0 radical (unpaired) electrons. The fourth-order valence-corrected chi connectivity index (χ4v) is 2.77. The number of non-ortho nitro benzene ring substituents is 1. The lowest BCUT2D eigenvalue weighted by molar-refractivity contribution is -0.384. The molecule has 7 heteroatoms. The zero-order valence-electron chi connectivity index (χ0n) is 11.3. The minimum absolute atomic E-state index is 0.0263. The highest BCUT2D eigenvalue weighted by Gasteiger charge is 2.15. The number of fused-ring (bicyclic) bond motifs is 1. The van der Waals surface area contributed by atoms with Crippen LogP contribution in [0.15, 0.2) is 18.2 Å². The Hall–Kier alpha value is -2.02. The molecule has 0 spiro atoms. The smallest absolute Gasteiger partial charge is 0.270 e. The Labute approximate surface area is 120 Å². The monoisotopic (exact) mass is 293 g/mol. The molecular formula is C13H15N3O3S. The van der Waals surface area contributed by atoms with E-state index in [4.69, 9.17) is 0 Å². The van der Waals surface area contributed by atoms with Crippen LogP contribution in [0.5, 0.6) is 0 Å². The molecule has 1 atom stereocenters. The normalized spacial score (nSPS) is 12.3. The second kappa shape index (κ2) is 5.96. The number of benzene rings is 1. The Balaban J connectivity index is 2.19. The highest BCUT2D eigenvalue weighted by molar-refractivity contribution is 7.22. The lowest BCUT2D eigenvalue weighted by Gasteiger charge is -2.08. The van der Waals surface area contributed by atoms with Crippen LogP contribution in [-0.4, -0.2) is 15.8 Å². The average molecular weight is 293 g/mol. The van der Waals surface area contributed by atoms with Crippen molar-refractivity contribution in [1.82, 2.24) is 4.98 Å². The SMILES string of the molecule is CCC[C@@H](C)C(=O)Nc1nc2ccc([N+](=O)[O-])cc2s1.